The van der Waals surface area contributed by atoms with Crippen LogP contribution in [-0.4, -0.2) is 18.7 Å². The van der Waals surface area contributed by atoms with Gasteiger partial charge in [-0.25, -0.2) is 0 Å². The molecule has 0 saturated heterocycles. The molecule has 3 heteroatoms. The van der Waals surface area contributed by atoms with E-state index in [1.54, 1.807) is 6.92 Å². The van der Waals surface area contributed by atoms with Crippen LogP contribution in [0.25, 0.3) is 0 Å². The van der Waals surface area contributed by atoms with Gasteiger partial charge in [0.05, 0.1) is 16.8 Å². The number of benzene rings is 1. The number of anilines is 1. The second kappa shape index (κ2) is 6.12. The highest BCUT2D eigenvalue weighted by atomic mass is 35.5. The molecule has 0 aromatic heterocycles. The van der Waals surface area contributed by atoms with Gasteiger partial charge in [0.1, 0.15) is 0 Å². The Morgan fingerprint density at radius 1 is 1.44 bits per heavy atom. The molecule has 1 aromatic rings. The second-order valence-corrected chi connectivity index (χ2v) is 4.57. The van der Waals surface area contributed by atoms with Crippen LogP contribution < -0.4 is 4.90 Å². The Morgan fingerprint density at radius 2 is 2.12 bits per heavy atom. The lowest BCUT2D eigenvalue weighted by Gasteiger charge is -2.21. The Labute approximate surface area is 103 Å². The molecule has 0 radical (unpaired) electrons. The zero-order chi connectivity index (χ0) is 12.1. The molecule has 2 nitrogen and oxygen atoms in total. The third kappa shape index (κ3) is 3.39. The molecule has 1 rings (SSSR count). The van der Waals surface area contributed by atoms with Gasteiger partial charge in [0.2, 0.25) is 0 Å². The van der Waals surface area contributed by atoms with E-state index < -0.39 is 6.10 Å². The van der Waals surface area contributed by atoms with E-state index in [0.29, 0.717) is 5.02 Å². The molecule has 1 N–H and O–H groups in total. The van der Waals surface area contributed by atoms with E-state index in [4.69, 9.17) is 11.6 Å². The van der Waals surface area contributed by atoms with Crippen LogP contribution in [0, 0.1) is 0 Å². The van der Waals surface area contributed by atoms with Crippen molar-refractivity contribution < 1.29 is 5.11 Å². The third-order valence-corrected chi connectivity index (χ3v) is 3.02. The van der Waals surface area contributed by atoms with Gasteiger partial charge in [0, 0.05) is 13.6 Å². The number of rotatable bonds is 5. The molecule has 0 unspecified atom stereocenters. The van der Waals surface area contributed by atoms with Crippen molar-refractivity contribution in [1.29, 1.82) is 0 Å². The van der Waals surface area contributed by atoms with Gasteiger partial charge in [0.15, 0.2) is 0 Å². The number of nitrogens with zero attached hydrogens (tertiary/aromatic N) is 1. The molecule has 0 bridgehead atoms. The fraction of sp³-hybridized carbons (Fsp3) is 0.538. The maximum atomic E-state index is 9.45. The topological polar surface area (TPSA) is 23.5 Å². The Hall–Kier alpha value is -0.730. The van der Waals surface area contributed by atoms with Gasteiger partial charge in [-0.05, 0) is 31.0 Å². The monoisotopic (exact) mass is 241 g/mol. The quantitative estimate of drug-likeness (QED) is 0.851. The minimum Gasteiger partial charge on any atom is -0.389 e. The van der Waals surface area contributed by atoms with Gasteiger partial charge in [-0.1, -0.05) is 31.0 Å². The normalized spacial score (nSPS) is 12.6. The minimum atomic E-state index is -0.465. The number of aliphatic hydroxyl groups excluding tert-OH is 1. The number of hydrogen-bond donors (Lipinski definition) is 1. The lowest BCUT2D eigenvalue weighted by molar-refractivity contribution is 0.199. The molecule has 1 atom stereocenters. The lowest BCUT2D eigenvalue weighted by Crippen LogP contribution is -2.18. The first-order chi connectivity index (χ1) is 7.56. The number of hydrogen-bond acceptors (Lipinski definition) is 2. The zero-order valence-corrected chi connectivity index (χ0v) is 11.0. The third-order valence-electron chi connectivity index (χ3n) is 2.71. The standard InChI is InChI=1S/C13H20ClNO/c1-4-5-8-15(3)13-7-6-11(10(2)16)9-12(13)14/h6-7,9-10,16H,4-5,8H2,1-3H3/t10-/m1/s1. The second-order valence-electron chi connectivity index (χ2n) is 4.16. The molecule has 90 valence electrons. The summed E-state index contributed by atoms with van der Waals surface area (Å²) in [6.07, 6.45) is 1.87. The first-order valence-electron chi connectivity index (χ1n) is 5.75. The van der Waals surface area contributed by atoms with Crippen LogP contribution in [-0.2, 0) is 0 Å². The van der Waals surface area contributed by atoms with Crippen LogP contribution in [0.2, 0.25) is 5.02 Å². The molecule has 0 aliphatic carbocycles. The SMILES string of the molecule is CCCCN(C)c1ccc([C@@H](C)O)cc1Cl. The number of halogens is 1. The smallest absolute Gasteiger partial charge is 0.0762 e. The van der Waals surface area contributed by atoms with E-state index in [0.717, 1.165) is 24.2 Å². The van der Waals surface area contributed by atoms with E-state index in [1.807, 2.05) is 25.2 Å². The average molecular weight is 242 g/mol. The summed E-state index contributed by atoms with van der Waals surface area (Å²) in [6.45, 7) is 4.92. The highest BCUT2D eigenvalue weighted by molar-refractivity contribution is 6.33. The van der Waals surface area contributed by atoms with Gasteiger partial charge in [0.25, 0.3) is 0 Å². The summed E-state index contributed by atoms with van der Waals surface area (Å²) in [5.74, 6) is 0. The summed E-state index contributed by atoms with van der Waals surface area (Å²) in [5.41, 5.74) is 1.89. The summed E-state index contributed by atoms with van der Waals surface area (Å²) in [5, 5.41) is 10.2. The fourth-order valence-electron chi connectivity index (χ4n) is 1.61. The number of aliphatic hydroxyl groups is 1. The average Bonchev–Trinajstić information content (AvgIpc) is 2.25. The van der Waals surface area contributed by atoms with Gasteiger partial charge < -0.3 is 10.0 Å². The van der Waals surface area contributed by atoms with Crippen LogP contribution in [0.5, 0.6) is 0 Å². The predicted molar refractivity (Wildman–Crippen MR) is 70.3 cm³/mol. The van der Waals surface area contributed by atoms with Crippen LogP contribution in [0.1, 0.15) is 38.4 Å². The molecule has 0 spiro atoms. The minimum absolute atomic E-state index is 0.465. The van der Waals surface area contributed by atoms with Crippen LogP contribution >= 0.6 is 11.6 Å². The fourth-order valence-corrected chi connectivity index (χ4v) is 1.94. The van der Waals surface area contributed by atoms with E-state index in [2.05, 4.69) is 11.8 Å². The van der Waals surface area contributed by atoms with E-state index in [-0.39, 0.29) is 0 Å². The molecular weight excluding hydrogens is 222 g/mol. The van der Waals surface area contributed by atoms with Gasteiger partial charge in [-0.3, -0.25) is 0 Å². The van der Waals surface area contributed by atoms with Gasteiger partial charge in [-0.15, -0.1) is 0 Å². The number of unbranched alkanes of at least 4 members (excludes halogenated alkanes) is 1. The van der Waals surface area contributed by atoms with Crippen molar-refractivity contribution in [2.24, 2.45) is 0 Å². The predicted octanol–water partition coefficient (Wildman–Crippen LogP) is 3.63. The first-order valence-corrected chi connectivity index (χ1v) is 6.12. The summed E-state index contributed by atoms with van der Waals surface area (Å²) in [7, 11) is 2.04. The maximum absolute atomic E-state index is 9.45. The highest BCUT2D eigenvalue weighted by Crippen LogP contribution is 2.28. The van der Waals surface area contributed by atoms with Crippen LogP contribution in [0.4, 0.5) is 5.69 Å². The van der Waals surface area contributed by atoms with Crippen molar-refractivity contribution in [2.75, 3.05) is 18.5 Å². The zero-order valence-electron chi connectivity index (χ0n) is 10.2. The lowest BCUT2D eigenvalue weighted by atomic mass is 10.1. The van der Waals surface area contributed by atoms with Crippen molar-refractivity contribution in [3.8, 4) is 0 Å². The van der Waals surface area contributed by atoms with Crippen molar-refractivity contribution in [2.45, 2.75) is 32.8 Å². The Kier molecular flexibility index (Phi) is 5.10. The van der Waals surface area contributed by atoms with Crippen LogP contribution in [0.15, 0.2) is 18.2 Å². The summed E-state index contributed by atoms with van der Waals surface area (Å²) < 4.78 is 0. The summed E-state index contributed by atoms with van der Waals surface area (Å²) >= 11 is 6.19. The van der Waals surface area contributed by atoms with Crippen LogP contribution in [0.3, 0.4) is 0 Å². The molecule has 0 heterocycles. The highest BCUT2D eigenvalue weighted by Gasteiger charge is 2.08. The molecular formula is C13H20ClNO. The first kappa shape index (κ1) is 13.3. The van der Waals surface area contributed by atoms with E-state index >= 15 is 0 Å². The Balaban J connectivity index is 2.81. The molecule has 0 aliphatic heterocycles. The Morgan fingerprint density at radius 3 is 2.62 bits per heavy atom. The molecule has 0 aliphatic rings. The molecule has 1 aromatic carbocycles. The molecule has 0 saturated carbocycles. The molecule has 0 amide bonds. The van der Waals surface area contributed by atoms with Gasteiger partial charge in [-0.2, -0.15) is 0 Å². The van der Waals surface area contributed by atoms with Gasteiger partial charge >= 0.3 is 0 Å². The summed E-state index contributed by atoms with van der Waals surface area (Å²) in [6, 6.07) is 5.73. The summed E-state index contributed by atoms with van der Waals surface area (Å²) in [4.78, 5) is 2.15. The van der Waals surface area contributed by atoms with Crippen molar-refractivity contribution in [3.63, 3.8) is 0 Å². The molecule has 16 heavy (non-hydrogen) atoms. The molecule has 0 fully saturated rings. The van der Waals surface area contributed by atoms with E-state index in [1.165, 1.54) is 6.42 Å². The van der Waals surface area contributed by atoms with Crippen molar-refractivity contribution in [1.82, 2.24) is 0 Å². The largest absolute Gasteiger partial charge is 0.389 e. The van der Waals surface area contributed by atoms with Crippen molar-refractivity contribution >= 4 is 17.3 Å². The maximum Gasteiger partial charge on any atom is 0.0762 e. The Bertz CT molecular complexity index is 339. The van der Waals surface area contributed by atoms with E-state index in [9.17, 15) is 5.11 Å². The van der Waals surface area contributed by atoms with Crippen molar-refractivity contribution in [3.05, 3.63) is 28.8 Å².